The molecule has 3 aromatic rings. The van der Waals surface area contributed by atoms with E-state index in [1.165, 1.54) is 6.08 Å². The molecule has 0 bridgehead atoms. The molecule has 0 atom stereocenters. The highest BCUT2D eigenvalue weighted by Gasteiger charge is 2.23. The third-order valence-corrected chi connectivity index (χ3v) is 4.01. The fraction of sp³-hybridized carbons (Fsp3) is 0.111. The Kier molecular flexibility index (Phi) is 3.12. The monoisotopic (exact) mass is 305 g/mol. The lowest BCUT2D eigenvalue weighted by atomic mass is 10.1. The van der Waals surface area contributed by atoms with Crippen LogP contribution in [0.1, 0.15) is 0 Å². The average Bonchev–Trinajstić information content (AvgIpc) is 3.04. The predicted molar refractivity (Wildman–Crippen MR) is 89.6 cm³/mol. The lowest BCUT2D eigenvalue weighted by Gasteiger charge is -2.29. The standard InChI is InChI=1S/C18H15N3O2/c1-2-17(22)21-9-10-23-16-8-7-12(11-15(16)21)18-13-5-3-4-6-14(13)19-20-18/h2-8,11H,1,9-10H2,(H,19,20). The van der Waals surface area contributed by atoms with Gasteiger partial charge >= 0.3 is 0 Å². The summed E-state index contributed by atoms with van der Waals surface area (Å²) < 4.78 is 5.65. The summed E-state index contributed by atoms with van der Waals surface area (Å²) in [4.78, 5) is 13.8. The quantitative estimate of drug-likeness (QED) is 0.740. The number of hydrogen-bond donors (Lipinski definition) is 1. The molecule has 0 spiro atoms. The van der Waals surface area contributed by atoms with Gasteiger partial charge in [-0.2, -0.15) is 5.10 Å². The van der Waals surface area contributed by atoms with Crippen LogP contribution in [0.4, 0.5) is 5.69 Å². The van der Waals surface area contributed by atoms with Crippen LogP contribution in [0.15, 0.2) is 55.1 Å². The highest BCUT2D eigenvalue weighted by atomic mass is 16.5. The molecule has 5 heteroatoms. The summed E-state index contributed by atoms with van der Waals surface area (Å²) in [6.07, 6.45) is 1.33. The van der Waals surface area contributed by atoms with Crippen molar-refractivity contribution in [1.29, 1.82) is 0 Å². The number of hydrogen-bond acceptors (Lipinski definition) is 3. The Labute approximate surface area is 133 Å². The first kappa shape index (κ1) is 13.6. The average molecular weight is 305 g/mol. The third-order valence-electron chi connectivity index (χ3n) is 4.01. The summed E-state index contributed by atoms with van der Waals surface area (Å²) in [7, 11) is 0. The van der Waals surface area contributed by atoms with Crippen LogP contribution in [0, 0.1) is 0 Å². The number of rotatable bonds is 2. The molecule has 1 amide bonds. The number of para-hydroxylation sites is 1. The molecule has 2 heterocycles. The Hall–Kier alpha value is -3.08. The van der Waals surface area contributed by atoms with Crippen LogP contribution in [0.3, 0.4) is 0 Å². The minimum absolute atomic E-state index is 0.126. The van der Waals surface area contributed by atoms with Gasteiger partial charge in [0.15, 0.2) is 0 Å². The molecule has 5 nitrogen and oxygen atoms in total. The summed E-state index contributed by atoms with van der Waals surface area (Å²) >= 11 is 0. The largest absolute Gasteiger partial charge is 0.490 e. The van der Waals surface area contributed by atoms with Crippen molar-refractivity contribution in [2.45, 2.75) is 0 Å². The maximum Gasteiger partial charge on any atom is 0.250 e. The molecule has 0 radical (unpaired) electrons. The molecular formula is C18H15N3O2. The lowest BCUT2D eigenvalue weighted by Crippen LogP contribution is -2.36. The number of H-pyrrole nitrogens is 1. The van der Waals surface area contributed by atoms with Crippen molar-refractivity contribution in [3.05, 3.63) is 55.1 Å². The number of ether oxygens (including phenoxy) is 1. The molecule has 4 rings (SSSR count). The number of nitrogens with zero attached hydrogens (tertiary/aromatic N) is 2. The molecule has 0 saturated carbocycles. The van der Waals surface area contributed by atoms with E-state index in [-0.39, 0.29) is 5.91 Å². The summed E-state index contributed by atoms with van der Waals surface area (Å²) in [5, 5.41) is 8.50. The topological polar surface area (TPSA) is 58.2 Å². The molecule has 1 aromatic heterocycles. The number of anilines is 1. The van der Waals surface area contributed by atoms with Crippen molar-refractivity contribution in [3.63, 3.8) is 0 Å². The summed E-state index contributed by atoms with van der Waals surface area (Å²) in [6, 6.07) is 13.8. The van der Waals surface area contributed by atoms with Crippen LogP contribution in [-0.2, 0) is 4.79 Å². The molecule has 23 heavy (non-hydrogen) atoms. The second-order valence-corrected chi connectivity index (χ2v) is 5.34. The molecule has 0 unspecified atom stereocenters. The van der Waals surface area contributed by atoms with Crippen LogP contribution < -0.4 is 9.64 Å². The van der Waals surface area contributed by atoms with Gasteiger partial charge in [-0.3, -0.25) is 9.89 Å². The second-order valence-electron chi connectivity index (χ2n) is 5.34. The fourth-order valence-corrected chi connectivity index (χ4v) is 2.89. The van der Waals surface area contributed by atoms with Gasteiger partial charge in [0.25, 0.3) is 5.91 Å². The van der Waals surface area contributed by atoms with Gasteiger partial charge in [0, 0.05) is 10.9 Å². The number of amides is 1. The van der Waals surface area contributed by atoms with Crippen LogP contribution in [-0.4, -0.2) is 29.3 Å². The van der Waals surface area contributed by atoms with Gasteiger partial charge in [-0.15, -0.1) is 0 Å². The zero-order valence-electron chi connectivity index (χ0n) is 12.5. The smallest absolute Gasteiger partial charge is 0.250 e. The van der Waals surface area contributed by atoms with E-state index in [1.54, 1.807) is 4.90 Å². The van der Waals surface area contributed by atoms with Crippen molar-refractivity contribution in [1.82, 2.24) is 10.2 Å². The molecule has 2 aromatic carbocycles. The van der Waals surface area contributed by atoms with Crippen LogP contribution in [0.5, 0.6) is 5.75 Å². The van der Waals surface area contributed by atoms with E-state index >= 15 is 0 Å². The van der Waals surface area contributed by atoms with Crippen molar-refractivity contribution in [3.8, 4) is 17.0 Å². The number of fused-ring (bicyclic) bond motifs is 2. The van der Waals surface area contributed by atoms with E-state index in [1.807, 2.05) is 42.5 Å². The van der Waals surface area contributed by atoms with Crippen molar-refractivity contribution < 1.29 is 9.53 Å². The van der Waals surface area contributed by atoms with Gasteiger partial charge < -0.3 is 9.64 Å². The first-order valence-electron chi connectivity index (χ1n) is 7.42. The lowest BCUT2D eigenvalue weighted by molar-refractivity contribution is -0.114. The van der Waals surface area contributed by atoms with Crippen LogP contribution >= 0.6 is 0 Å². The summed E-state index contributed by atoms with van der Waals surface area (Å²) in [5.41, 5.74) is 3.54. The first-order valence-corrected chi connectivity index (χ1v) is 7.42. The maximum atomic E-state index is 12.1. The van der Waals surface area contributed by atoms with E-state index in [2.05, 4.69) is 16.8 Å². The minimum Gasteiger partial charge on any atom is -0.490 e. The predicted octanol–water partition coefficient (Wildman–Crippen LogP) is 3.14. The highest BCUT2D eigenvalue weighted by Crippen LogP contribution is 2.37. The Morgan fingerprint density at radius 3 is 3.04 bits per heavy atom. The summed E-state index contributed by atoms with van der Waals surface area (Å²) in [5.74, 6) is 0.577. The van der Waals surface area contributed by atoms with E-state index < -0.39 is 0 Å². The molecule has 0 saturated heterocycles. The van der Waals surface area contributed by atoms with Gasteiger partial charge in [0.05, 0.1) is 23.4 Å². The molecule has 0 fully saturated rings. The Morgan fingerprint density at radius 2 is 2.17 bits per heavy atom. The van der Waals surface area contributed by atoms with Crippen LogP contribution in [0.2, 0.25) is 0 Å². The van der Waals surface area contributed by atoms with Gasteiger partial charge in [-0.1, -0.05) is 24.8 Å². The normalized spacial score (nSPS) is 13.5. The zero-order valence-corrected chi connectivity index (χ0v) is 12.5. The third kappa shape index (κ3) is 2.17. The summed E-state index contributed by atoms with van der Waals surface area (Å²) in [6.45, 7) is 4.57. The maximum absolute atomic E-state index is 12.1. The van der Waals surface area contributed by atoms with E-state index in [0.717, 1.165) is 27.8 Å². The number of benzene rings is 2. The Morgan fingerprint density at radius 1 is 1.30 bits per heavy atom. The fourth-order valence-electron chi connectivity index (χ4n) is 2.89. The van der Waals surface area contributed by atoms with Crippen molar-refractivity contribution >= 4 is 22.5 Å². The van der Waals surface area contributed by atoms with Gasteiger partial charge in [-0.25, -0.2) is 0 Å². The number of aromatic nitrogens is 2. The zero-order chi connectivity index (χ0) is 15.8. The van der Waals surface area contributed by atoms with Crippen molar-refractivity contribution in [2.75, 3.05) is 18.1 Å². The van der Waals surface area contributed by atoms with Gasteiger partial charge in [-0.05, 0) is 30.3 Å². The van der Waals surface area contributed by atoms with Crippen LogP contribution in [0.25, 0.3) is 22.2 Å². The molecule has 1 N–H and O–H groups in total. The molecule has 1 aliphatic heterocycles. The van der Waals surface area contributed by atoms with E-state index in [0.29, 0.717) is 18.9 Å². The molecule has 114 valence electrons. The van der Waals surface area contributed by atoms with E-state index in [4.69, 9.17) is 4.74 Å². The number of nitrogens with one attached hydrogen (secondary N) is 1. The minimum atomic E-state index is -0.126. The van der Waals surface area contributed by atoms with Gasteiger partial charge in [0.2, 0.25) is 0 Å². The Balaban J connectivity index is 1.85. The number of aromatic amines is 1. The molecule has 0 aliphatic carbocycles. The SMILES string of the molecule is C=CC(=O)N1CCOc2ccc(-c3n[nH]c4ccccc34)cc21. The van der Waals surface area contributed by atoms with Crippen molar-refractivity contribution in [2.24, 2.45) is 0 Å². The van der Waals surface area contributed by atoms with Gasteiger partial charge in [0.1, 0.15) is 12.4 Å². The second kappa shape index (κ2) is 5.28. The Bertz CT molecular complexity index is 914. The number of carbonyl (C=O) groups is 1. The number of carbonyl (C=O) groups excluding carboxylic acids is 1. The molecule has 1 aliphatic rings. The first-order chi connectivity index (χ1) is 11.3. The molecular weight excluding hydrogens is 290 g/mol. The van der Waals surface area contributed by atoms with E-state index in [9.17, 15) is 4.79 Å². The highest BCUT2D eigenvalue weighted by molar-refractivity contribution is 6.03.